The van der Waals surface area contributed by atoms with Crippen LogP contribution in [0.5, 0.6) is 0 Å². The predicted octanol–water partition coefficient (Wildman–Crippen LogP) is 2.52. The number of piperidine rings is 1. The van der Waals surface area contributed by atoms with Gasteiger partial charge in [0.15, 0.2) is 0 Å². The molecule has 1 aliphatic heterocycles. The maximum atomic E-state index is 12.9. The molecule has 0 radical (unpaired) electrons. The summed E-state index contributed by atoms with van der Waals surface area (Å²) in [6, 6.07) is 6.25. The van der Waals surface area contributed by atoms with Crippen LogP contribution < -0.4 is 5.76 Å². The van der Waals surface area contributed by atoms with Crippen molar-refractivity contribution in [3.05, 3.63) is 40.6 Å². The van der Waals surface area contributed by atoms with Crippen LogP contribution in [0, 0.1) is 5.82 Å². The number of rotatable bonds is 4. The van der Waals surface area contributed by atoms with Crippen molar-refractivity contribution in [2.45, 2.75) is 38.3 Å². The summed E-state index contributed by atoms with van der Waals surface area (Å²) in [4.78, 5) is 14.2. The van der Waals surface area contributed by atoms with Crippen molar-refractivity contribution < 1.29 is 8.81 Å². The lowest BCUT2D eigenvalue weighted by Crippen LogP contribution is -2.37. The number of hydrogen-bond acceptors (Lipinski definition) is 4. The molecule has 1 aromatic heterocycles. The van der Waals surface area contributed by atoms with Gasteiger partial charge in [0.05, 0.1) is 0 Å². The third-order valence-electron chi connectivity index (χ3n) is 4.29. The molecule has 1 aliphatic rings. The smallest absolute Gasteiger partial charge is 0.388 e. The molecule has 0 spiro atoms. The van der Waals surface area contributed by atoms with Crippen LogP contribution in [-0.2, 0) is 6.54 Å². The lowest BCUT2D eigenvalue weighted by molar-refractivity contribution is 0.169. The monoisotopic (exact) mass is 305 g/mol. The molecule has 1 atom stereocenters. The van der Waals surface area contributed by atoms with Crippen LogP contribution in [0.4, 0.5) is 4.39 Å². The second kappa shape index (κ2) is 6.44. The lowest BCUT2D eigenvalue weighted by Gasteiger charge is -2.32. The van der Waals surface area contributed by atoms with Gasteiger partial charge in [-0.3, -0.25) is 0 Å². The minimum atomic E-state index is -0.460. The zero-order valence-electron chi connectivity index (χ0n) is 12.7. The second-order valence-corrected chi connectivity index (χ2v) is 5.82. The molecule has 5 nitrogen and oxygen atoms in total. The molecule has 2 heterocycles. The van der Waals surface area contributed by atoms with Crippen LogP contribution >= 0.6 is 0 Å². The van der Waals surface area contributed by atoms with Crippen LogP contribution in [0.25, 0.3) is 11.5 Å². The standard InChI is InChI=1S/C16H20FN3O2/c1-19-10-3-2-4-14(19)9-11-20-16(21)22-15(18-20)12-5-7-13(17)8-6-12/h5-8,14H,2-4,9-11H2,1H3/t14-/m1/s1. The van der Waals surface area contributed by atoms with Crippen molar-refractivity contribution in [1.29, 1.82) is 0 Å². The van der Waals surface area contributed by atoms with E-state index >= 15 is 0 Å². The Bertz CT molecular complexity index is 677. The second-order valence-electron chi connectivity index (χ2n) is 5.82. The molecule has 6 heteroatoms. The highest BCUT2D eigenvalue weighted by molar-refractivity contribution is 5.51. The molecular weight excluding hydrogens is 285 g/mol. The Hall–Kier alpha value is -1.95. The molecule has 2 aromatic rings. The number of hydrogen-bond donors (Lipinski definition) is 0. The van der Waals surface area contributed by atoms with Crippen molar-refractivity contribution in [2.24, 2.45) is 0 Å². The molecule has 1 fully saturated rings. The van der Waals surface area contributed by atoms with Gasteiger partial charge in [0.1, 0.15) is 5.82 Å². The lowest BCUT2D eigenvalue weighted by atomic mass is 10.0. The van der Waals surface area contributed by atoms with E-state index in [1.807, 2.05) is 0 Å². The Morgan fingerprint density at radius 3 is 2.82 bits per heavy atom. The van der Waals surface area contributed by atoms with E-state index < -0.39 is 5.76 Å². The van der Waals surface area contributed by atoms with E-state index in [4.69, 9.17) is 4.42 Å². The molecule has 0 bridgehead atoms. The zero-order valence-corrected chi connectivity index (χ0v) is 12.7. The summed E-state index contributed by atoms with van der Waals surface area (Å²) in [5.74, 6) is -0.550. The normalized spacial score (nSPS) is 19.5. The average molecular weight is 305 g/mol. The minimum absolute atomic E-state index is 0.238. The Morgan fingerprint density at radius 2 is 2.09 bits per heavy atom. The molecule has 1 saturated heterocycles. The first-order valence-corrected chi connectivity index (χ1v) is 7.67. The van der Waals surface area contributed by atoms with Crippen LogP contribution in [-0.4, -0.2) is 34.3 Å². The van der Waals surface area contributed by atoms with E-state index in [1.54, 1.807) is 12.1 Å². The first-order valence-electron chi connectivity index (χ1n) is 7.67. The van der Waals surface area contributed by atoms with Crippen LogP contribution in [0.2, 0.25) is 0 Å². The van der Waals surface area contributed by atoms with Crippen molar-refractivity contribution in [2.75, 3.05) is 13.6 Å². The van der Waals surface area contributed by atoms with Gasteiger partial charge in [-0.05, 0) is 57.1 Å². The zero-order chi connectivity index (χ0) is 15.5. The Balaban J connectivity index is 1.70. The largest absolute Gasteiger partial charge is 0.437 e. The van der Waals surface area contributed by atoms with E-state index in [0.29, 0.717) is 18.2 Å². The summed E-state index contributed by atoms with van der Waals surface area (Å²) in [6.07, 6.45) is 4.52. The van der Waals surface area contributed by atoms with Gasteiger partial charge < -0.3 is 9.32 Å². The summed E-state index contributed by atoms with van der Waals surface area (Å²) in [5, 5.41) is 4.22. The summed E-state index contributed by atoms with van der Waals surface area (Å²) >= 11 is 0. The summed E-state index contributed by atoms with van der Waals surface area (Å²) in [5.41, 5.74) is 0.604. The number of aromatic nitrogens is 2. The van der Waals surface area contributed by atoms with Crippen LogP contribution in [0.1, 0.15) is 25.7 Å². The van der Waals surface area contributed by atoms with Gasteiger partial charge in [-0.25, -0.2) is 9.18 Å². The van der Waals surface area contributed by atoms with E-state index in [-0.39, 0.29) is 11.7 Å². The van der Waals surface area contributed by atoms with Crippen molar-refractivity contribution >= 4 is 0 Å². The van der Waals surface area contributed by atoms with Crippen LogP contribution in [0.15, 0.2) is 33.5 Å². The van der Waals surface area contributed by atoms with E-state index in [9.17, 15) is 9.18 Å². The molecular formula is C16H20FN3O2. The summed E-state index contributed by atoms with van der Waals surface area (Å²) in [7, 11) is 2.12. The number of aryl methyl sites for hydroxylation is 1. The fourth-order valence-electron chi connectivity index (χ4n) is 2.94. The third-order valence-corrected chi connectivity index (χ3v) is 4.29. The van der Waals surface area contributed by atoms with Crippen LogP contribution in [0.3, 0.4) is 0 Å². The molecule has 22 heavy (non-hydrogen) atoms. The molecule has 1 aromatic carbocycles. The fraction of sp³-hybridized carbons (Fsp3) is 0.500. The molecule has 0 saturated carbocycles. The average Bonchev–Trinajstić information content (AvgIpc) is 2.88. The summed E-state index contributed by atoms with van der Waals surface area (Å²) in [6.45, 7) is 1.65. The van der Waals surface area contributed by atoms with Gasteiger partial charge in [0.2, 0.25) is 5.89 Å². The predicted molar refractivity (Wildman–Crippen MR) is 81.0 cm³/mol. The van der Waals surface area contributed by atoms with Crippen molar-refractivity contribution in [3.63, 3.8) is 0 Å². The molecule has 118 valence electrons. The highest BCUT2D eigenvalue weighted by atomic mass is 19.1. The number of benzene rings is 1. The first-order chi connectivity index (χ1) is 10.6. The fourth-order valence-corrected chi connectivity index (χ4v) is 2.94. The Kier molecular flexibility index (Phi) is 4.38. The summed E-state index contributed by atoms with van der Waals surface area (Å²) < 4.78 is 19.5. The highest BCUT2D eigenvalue weighted by Gasteiger charge is 2.19. The van der Waals surface area contributed by atoms with E-state index in [1.165, 1.54) is 29.7 Å². The Morgan fingerprint density at radius 1 is 1.32 bits per heavy atom. The molecule has 0 aliphatic carbocycles. The third kappa shape index (κ3) is 3.27. The number of likely N-dealkylation sites (tertiary alicyclic amines) is 1. The maximum absolute atomic E-state index is 12.9. The molecule has 0 unspecified atom stereocenters. The molecule has 3 rings (SSSR count). The van der Waals surface area contributed by atoms with E-state index in [2.05, 4.69) is 17.0 Å². The van der Waals surface area contributed by atoms with Crippen molar-refractivity contribution in [1.82, 2.24) is 14.7 Å². The topological polar surface area (TPSA) is 51.3 Å². The number of halogens is 1. The van der Waals surface area contributed by atoms with Gasteiger partial charge in [-0.1, -0.05) is 6.42 Å². The number of nitrogens with zero attached hydrogens (tertiary/aromatic N) is 3. The highest BCUT2D eigenvalue weighted by Crippen LogP contribution is 2.19. The van der Waals surface area contributed by atoms with Crippen molar-refractivity contribution in [3.8, 4) is 11.5 Å². The quantitative estimate of drug-likeness (QED) is 0.871. The van der Waals surface area contributed by atoms with Gasteiger partial charge in [-0.2, -0.15) is 4.68 Å². The van der Waals surface area contributed by atoms with Gasteiger partial charge >= 0.3 is 5.76 Å². The van der Waals surface area contributed by atoms with Gasteiger partial charge in [0.25, 0.3) is 0 Å². The van der Waals surface area contributed by atoms with Gasteiger partial charge in [0, 0.05) is 18.2 Å². The first kappa shape index (κ1) is 15.0. The maximum Gasteiger partial charge on any atom is 0.437 e. The SMILES string of the molecule is CN1CCCC[C@@H]1CCn1nc(-c2ccc(F)cc2)oc1=O. The minimum Gasteiger partial charge on any atom is -0.388 e. The van der Waals surface area contributed by atoms with Gasteiger partial charge in [-0.15, -0.1) is 5.10 Å². The van der Waals surface area contributed by atoms with E-state index in [0.717, 1.165) is 19.4 Å². The molecule has 0 N–H and O–H groups in total. The Labute approximate surface area is 128 Å². The molecule has 0 amide bonds.